The highest BCUT2D eigenvalue weighted by Gasteiger charge is 2.25. The zero-order valence-corrected chi connectivity index (χ0v) is 16.1. The van der Waals surface area contributed by atoms with Crippen LogP contribution in [0, 0.1) is 11.3 Å². The number of carboxylic acids is 1. The molecule has 0 aliphatic rings. The second kappa shape index (κ2) is 8.39. The highest BCUT2D eigenvalue weighted by molar-refractivity contribution is 7.21. The lowest BCUT2D eigenvalue weighted by Gasteiger charge is -2.17. The molecule has 0 saturated carbocycles. The van der Waals surface area contributed by atoms with Gasteiger partial charge in [-0.05, 0) is 31.5 Å². The predicted molar refractivity (Wildman–Crippen MR) is 102 cm³/mol. The molecule has 0 aliphatic carbocycles. The summed E-state index contributed by atoms with van der Waals surface area (Å²) in [4.78, 5) is 23.4. The van der Waals surface area contributed by atoms with E-state index in [9.17, 15) is 19.8 Å². The Morgan fingerprint density at radius 1 is 1.33 bits per heavy atom. The molecule has 1 amide bonds. The van der Waals surface area contributed by atoms with Crippen molar-refractivity contribution in [3.8, 4) is 22.9 Å². The molecule has 1 aromatic carbocycles. The van der Waals surface area contributed by atoms with Crippen molar-refractivity contribution >= 4 is 39.8 Å². The number of ether oxygens (including phenoxy) is 1. The van der Waals surface area contributed by atoms with Crippen LogP contribution in [0.5, 0.6) is 5.75 Å². The summed E-state index contributed by atoms with van der Waals surface area (Å²) in [5.74, 6) is -1.35. The SMILES string of the molecule is CC(C)(O)COc1ccc(-c2c(Cl)sc(NC(=O)CC#N)c2C(=O)O)cc1. The number of nitrogens with zero attached hydrogens (tertiary/aromatic N) is 1. The van der Waals surface area contributed by atoms with Crippen molar-refractivity contribution in [2.24, 2.45) is 0 Å². The molecule has 7 nitrogen and oxygen atoms in total. The predicted octanol–water partition coefficient (Wildman–Crippen LogP) is 3.77. The van der Waals surface area contributed by atoms with Crippen molar-refractivity contribution in [2.45, 2.75) is 25.9 Å². The largest absolute Gasteiger partial charge is 0.491 e. The number of anilines is 1. The number of rotatable bonds is 7. The summed E-state index contributed by atoms with van der Waals surface area (Å²) in [5.41, 5.74) is -0.315. The van der Waals surface area contributed by atoms with E-state index in [0.717, 1.165) is 11.3 Å². The molecule has 0 bridgehead atoms. The molecule has 0 radical (unpaired) electrons. The number of hydrogen-bond acceptors (Lipinski definition) is 6. The second-order valence-corrected chi connectivity index (χ2v) is 7.89. The summed E-state index contributed by atoms with van der Waals surface area (Å²) in [7, 11) is 0. The molecule has 0 unspecified atom stereocenters. The van der Waals surface area contributed by atoms with Gasteiger partial charge in [0.05, 0.1) is 11.7 Å². The van der Waals surface area contributed by atoms with Crippen LogP contribution in [-0.4, -0.2) is 34.3 Å². The molecule has 2 aromatic rings. The number of nitriles is 1. The summed E-state index contributed by atoms with van der Waals surface area (Å²) >= 11 is 7.14. The molecule has 1 aromatic heterocycles. The van der Waals surface area contributed by atoms with Gasteiger partial charge in [0.25, 0.3) is 0 Å². The molecule has 27 heavy (non-hydrogen) atoms. The smallest absolute Gasteiger partial charge is 0.339 e. The number of carbonyl (C=O) groups excluding carboxylic acids is 1. The fourth-order valence-corrected chi connectivity index (χ4v) is 3.57. The van der Waals surface area contributed by atoms with E-state index in [1.54, 1.807) is 44.2 Å². The van der Waals surface area contributed by atoms with Crippen LogP contribution in [-0.2, 0) is 4.79 Å². The maximum absolute atomic E-state index is 11.7. The maximum atomic E-state index is 11.7. The number of amides is 1. The van der Waals surface area contributed by atoms with Gasteiger partial charge in [-0.2, -0.15) is 5.26 Å². The van der Waals surface area contributed by atoms with E-state index in [-0.39, 0.29) is 27.1 Å². The van der Waals surface area contributed by atoms with E-state index in [4.69, 9.17) is 21.6 Å². The second-order valence-electron chi connectivity index (χ2n) is 6.27. The van der Waals surface area contributed by atoms with Crippen LogP contribution in [0.2, 0.25) is 4.34 Å². The van der Waals surface area contributed by atoms with Crippen molar-refractivity contribution in [3.63, 3.8) is 0 Å². The average molecular weight is 409 g/mol. The lowest BCUT2D eigenvalue weighted by Crippen LogP contribution is -2.27. The van der Waals surface area contributed by atoms with Gasteiger partial charge in [0.1, 0.15) is 33.7 Å². The molecule has 0 aliphatic heterocycles. The summed E-state index contributed by atoms with van der Waals surface area (Å²) in [6.07, 6.45) is -0.392. The molecule has 142 valence electrons. The molecular weight excluding hydrogens is 392 g/mol. The third kappa shape index (κ3) is 5.44. The van der Waals surface area contributed by atoms with Crippen LogP contribution >= 0.6 is 22.9 Å². The number of thiophene rings is 1. The summed E-state index contributed by atoms with van der Waals surface area (Å²) < 4.78 is 5.67. The summed E-state index contributed by atoms with van der Waals surface area (Å²) in [6.45, 7) is 3.34. The number of carboxylic acid groups (broad SMARTS) is 1. The number of halogens is 1. The van der Waals surface area contributed by atoms with Crippen molar-refractivity contribution < 1.29 is 24.5 Å². The first kappa shape index (κ1) is 20.7. The minimum absolute atomic E-state index is 0.0742. The standard InChI is InChI=1S/C18H17ClN2O5S/c1-18(2,25)9-26-11-5-3-10(4-6-11)13-14(17(23)24)16(27-15(13)19)21-12(22)7-8-20/h3-6,25H,7,9H2,1-2H3,(H,21,22)(H,23,24). The lowest BCUT2D eigenvalue weighted by atomic mass is 10.0. The van der Waals surface area contributed by atoms with Crippen LogP contribution in [0.1, 0.15) is 30.6 Å². The maximum Gasteiger partial charge on any atom is 0.339 e. The van der Waals surface area contributed by atoms with Crippen molar-refractivity contribution in [1.29, 1.82) is 5.26 Å². The van der Waals surface area contributed by atoms with Gasteiger partial charge in [0.15, 0.2) is 0 Å². The van der Waals surface area contributed by atoms with Gasteiger partial charge in [0.2, 0.25) is 5.91 Å². The Kier molecular flexibility index (Phi) is 6.44. The molecule has 2 rings (SSSR count). The number of aliphatic hydroxyl groups is 1. The van der Waals surface area contributed by atoms with Crippen LogP contribution in [0.3, 0.4) is 0 Å². The fourth-order valence-electron chi connectivity index (χ4n) is 2.17. The van der Waals surface area contributed by atoms with E-state index >= 15 is 0 Å². The van der Waals surface area contributed by atoms with Crippen molar-refractivity contribution in [2.75, 3.05) is 11.9 Å². The zero-order valence-electron chi connectivity index (χ0n) is 14.6. The van der Waals surface area contributed by atoms with E-state index in [2.05, 4.69) is 5.32 Å². The van der Waals surface area contributed by atoms with Gasteiger partial charge in [-0.15, -0.1) is 11.3 Å². The molecular formula is C18H17ClN2O5S. The van der Waals surface area contributed by atoms with Gasteiger partial charge in [0, 0.05) is 5.56 Å². The number of aromatic carboxylic acids is 1. The lowest BCUT2D eigenvalue weighted by molar-refractivity contribution is -0.115. The topological polar surface area (TPSA) is 120 Å². The van der Waals surface area contributed by atoms with Crippen molar-refractivity contribution in [1.82, 2.24) is 0 Å². The minimum atomic E-state index is -1.25. The average Bonchev–Trinajstić information content (AvgIpc) is 2.89. The third-order valence-electron chi connectivity index (χ3n) is 3.31. The van der Waals surface area contributed by atoms with Crippen molar-refractivity contribution in [3.05, 3.63) is 34.2 Å². The first-order valence-corrected chi connectivity index (χ1v) is 9.00. The third-order valence-corrected chi connectivity index (χ3v) is 4.62. The van der Waals surface area contributed by atoms with Gasteiger partial charge in [-0.1, -0.05) is 23.7 Å². The van der Waals surface area contributed by atoms with Crippen LogP contribution in [0.25, 0.3) is 11.1 Å². The fraction of sp³-hybridized carbons (Fsp3) is 0.278. The summed E-state index contributed by atoms with van der Waals surface area (Å²) in [6, 6.07) is 8.25. The van der Waals surface area contributed by atoms with E-state index in [1.807, 2.05) is 0 Å². The number of carbonyl (C=O) groups is 2. The first-order chi connectivity index (χ1) is 12.6. The van der Waals surface area contributed by atoms with Gasteiger partial charge < -0.3 is 20.3 Å². The number of hydrogen-bond donors (Lipinski definition) is 3. The Hall–Kier alpha value is -2.60. The number of benzene rings is 1. The normalized spacial score (nSPS) is 10.9. The molecule has 0 saturated heterocycles. The molecule has 9 heteroatoms. The Morgan fingerprint density at radius 2 is 1.96 bits per heavy atom. The molecule has 3 N–H and O–H groups in total. The monoisotopic (exact) mass is 408 g/mol. The Bertz CT molecular complexity index is 894. The zero-order chi connectivity index (χ0) is 20.2. The van der Waals surface area contributed by atoms with Crippen LogP contribution in [0.4, 0.5) is 5.00 Å². The Balaban J connectivity index is 2.35. The number of nitrogens with one attached hydrogen (secondary N) is 1. The van der Waals surface area contributed by atoms with E-state index < -0.39 is 23.9 Å². The van der Waals surface area contributed by atoms with Crippen LogP contribution in [0.15, 0.2) is 24.3 Å². The minimum Gasteiger partial charge on any atom is -0.491 e. The summed E-state index contributed by atoms with van der Waals surface area (Å²) in [5, 5.41) is 30.3. The molecule has 0 spiro atoms. The highest BCUT2D eigenvalue weighted by Crippen LogP contribution is 2.44. The molecule has 1 heterocycles. The van der Waals surface area contributed by atoms with Gasteiger partial charge in [-0.25, -0.2) is 4.79 Å². The van der Waals surface area contributed by atoms with E-state index in [1.165, 1.54) is 0 Å². The highest BCUT2D eigenvalue weighted by atomic mass is 35.5. The van der Waals surface area contributed by atoms with E-state index in [0.29, 0.717) is 11.3 Å². The molecule has 0 atom stereocenters. The Morgan fingerprint density at radius 3 is 2.48 bits per heavy atom. The van der Waals surface area contributed by atoms with Gasteiger partial charge >= 0.3 is 5.97 Å². The van der Waals surface area contributed by atoms with Gasteiger partial charge in [-0.3, -0.25) is 4.79 Å². The quantitative estimate of drug-likeness (QED) is 0.641. The Labute approximate surface area is 164 Å². The van der Waals surface area contributed by atoms with Crippen LogP contribution < -0.4 is 10.1 Å². The first-order valence-electron chi connectivity index (χ1n) is 7.80. The molecule has 0 fully saturated rings.